The second-order valence-corrected chi connectivity index (χ2v) is 15.1. The number of benzene rings is 6. The Morgan fingerprint density at radius 2 is 0.914 bits per heavy atom. The van der Waals surface area contributed by atoms with Crippen molar-refractivity contribution in [3.63, 3.8) is 0 Å². The minimum Gasteiger partial charge on any atom is -0.486 e. The lowest BCUT2D eigenvalue weighted by molar-refractivity contribution is -0.0228. The summed E-state index contributed by atoms with van der Waals surface area (Å²) in [5, 5.41) is 13.8. The van der Waals surface area contributed by atoms with Crippen molar-refractivity contribution >= 4 is 70.3 Å². The number of carbonyl (C=O) groups is 4. The molecule has 10 nitrogen and oxygen atoms in total. The third-order valence-corrected chi connectivity index (χ3v) is 10.6. The van der Waals surface area contributed by atoms with Gasteiger partial charge in [0.15, 0.2) is 23.0 Å². The number of aliphatic hydroxyl groups is 1. The number of fused-ring (bicyclic) bond motifs is 5. The van der Waals surface area contributed by atoms with Crippen molar-refractivity contribution in [3.8, 4) is 28.7 Å². The van der Waals surface area contributed by atoms with Crippen LogP contribution in [0.15, 0.2) is 121 Å². The Morgan fingerprint density at radius 1 is 0.517 bits per heavy atom. The quantitative estimate of drug-likeness (QED) is 0.116. The topological polar surface area (TPSA) is 135 Å². The lowest BCUT2D eigenvalue weighted by Crippen LogP contribution is -2.44. The molecule has 0 radical (unpaired) electrons. The van der Waals surface area contributed by atoms with Crippen LogP contribution in [0.1, 0.15) is 64.0 Å². The van der Waals surface area contributed by atoms with Gasteiger partial charge in [0.2, 0.25) is 5.75 Å². The van der Waals surface area contributed by atoms with Crippen LogP contribution in [0, 0.1) is 0 Å². The van der Waals surface area contributed by atoms with Crippen molar-refractivity contribution in [3.05, 3.63) is 180 Å². The molecule has 6 aromatic carbocycles. The van der Waals surface area contributed by atoms with Crippen molar-refractivity contribution in [2.45, 2.75) is 17.9 Å². The zero-order valence-corrected chi connectivity index (χ0v) is 32.7. The molecular formula is C44H26Cl4O10. The van der Waals surface area contributed by atoms with Crippen LogP contribution < -0.4 is 23.7 Å². The summed E-state index contributed by atoms with van der Waals surface area (Å²) in [4.78, 5) is 53.6. The Hall–Kier alpha value is -5.88. The maximum Gasteiger partial charge on any atom is 0.343 e. The van der Waals surface area contributed by atoms with Gasteiger partial charge in [0.1, 0.15) is 12.2 Å². The number of halogens is 4. The minimum atomic E-state index is -1.58. The largest absolute Gasteiger partial charge is 0.486 e. The molecule has 58 heavy (non-hydrogen) atoms. The molecule has 0 fully saturated rings. The molecule has 0 saturated carbocycles. The minimum absolute atomic E-state index is 0.0178. The van der Waals surface area contributed by atoms with E-state index in [9.17, 15) is 24.3 Å². The first-order chi connectivity index (χ1) is 27.8. The summed E-state index contributed by atoms with van der Waals surface area (Å²) in [6.45, 7) is -0.306. The average Bonchev–Trinajstić information content (AvgIpc) is 3.50. The van der Waals surface area contributed by atoms with Gasteiger partial charge < -0.3 is 28.8 Å². The van der Waals surface area contributed by atoms with Crippen LogP contribution in [0.4, 0.5) is 0 Å². The molecule has 2 aliphatic rings. The highest BCUT2D eigenvalue weighted by atomic mass is 35.5. The number of esters is 4. The third-order valence-electron chi connectivity index (χ3n) is 9.56. The molecule has 8 rings (SSSR count). The number of rotatable bonds is 8. The summed E-state index contributed by atoms with van der Waals surface area (Å²) in [7, 11) is 0. The summed E-state index contributed by atoms with van der Waals surface area (Å²) in [5.74, 6) is -4.54. The lowest BCUT2D eigenvalue weighted by atomic mass is 9.80. The van der Waals surface area contributed by atoms with Gasteiger partial charge in [-0.05, 0) is 126 Å². The molecule has 0 unspecified atom stereocenters. The van der Waals surface area contributed by atoms with Gasteiger partial charge in [-0.25, -0.2) is 19.2 Å². The van der Waals surface area contributed by atoms with E-state index in [1.807, 2.05) is 0 Å². The first kappa shape index (κ1) is 39.0. The summed E-state index contributed by atoms with van der Waals surface area (Å²) >= 11 is 24.1. The number of carbonyl (C=O) groups excluding carboxylic acids is 4. The van der Waals surface area contributed by atoms with Crippen LogP contribution >= 0.6 is 46.4 Å². The van der Waals surface area contributed by atoms with Crippen molar-refractivity contribution in [2.75, 3.05) is 6.61 Å². The van der Waals surface area contributed by atoms with E-state index in [4.69, 9.17) is 70.1 Å². The zero-order chi connectivity index (χ0) is 40.7. The van der Waals surface area contributed by atoms with E-state index in [0.717, 1.165) is 0 Å². The van der Waals surface area contributed by atoms with Gasteiger partial charge in [0.05, 0.1) is 22.3 Å². The molecule has 14 heteroatoms. The number of ether oxygens (including phenoxy) is 5. The van der Waals surface area contributed by atoms with Gasteiger partial charge in [-0.15, -0.1) is 0 Å². The molecule has 6 aromatic rings. The molecule has 0 saturated heterocycles. The highest BCUT2D eigenvalue weighted by Crippen LogP contribution is 2.56. The van der Waals surface area contributed by atoms with Gasteiger partial charge in [0.25, 0.3) is 0 Å². The van der Waals surface area contributed by atoms with E-state index in [2.05, 4.69) is 0 Å². The fourth-order valence-corrected chi connectivity index (χ4v) is 7.30. The van der Waals surface area contributed by atoms with E-state index >= 15 is 0 Å². The molecule has 290 valence electrons. The molecule has 0 aromatic heterocycles. The van der Waals surface area contributed by atoms with Crippen molar-refractivity contribution in [2.24, 2.45) is 0 Å². The number of hydrogen-bond donors (Lipinski definition) is 1. The maximum atomic E-state index is 13.5. The van der Waals surface area contributed by atoms with Gasteiger partial charge >= 0.3 is 23.9 Å². The van der Waals surface area contributed by atoms with Crippen LogP contribution in [-0.4, -0.2) is 41.2 Å². The van der Waals surface area contributed by atoms with E-state index in [0.29, 0.717) is 36.8 Å². The SMILES string of the molecule is O=C(Oc1cc2c(cc1OC(=O)c1ccc(Cl)cc1)[C@@H]1c3ccc(OC(=O)c4ccc(Cl)cc4)c(OC(=O)c4ccc(Cl)cc4)c3OC[C@]1(O)C2)c1ccc(Cl)cc1. The molecule has 1 heterocycles. The molecule has 1 aliphatic carbocycles. The van der Waals surface area contributed by atoms with E-state index in [-0.39, 0.29) is 64.0 Å². The fraction of sp³-hybridized carbons (Fsp3) is 0.0909. The van der Waals surface area contributed by atoms with Gasteiger partial charge in [-0.3, -0.25) is 0 Å². The Kier molecular flexibility index (Phi) is 10.6. The van der Waals surface area contributed by atoms with Crippen LogP contribution in [0.2, 0.25) is 20.1 Å². The summed E-state index contributed by atoms with van der Waals surface area (Å²) in [6.07, 6.45) is 0.0244. The van der Waals surface area contributed by atoms with E-state index in [1.54, 1.807) is 6.07 Å². The first-order valence-corrected chi connectivity index (χ1v) is 19.0. The molecular weight excluding hydrogens is 830 g/mol. The number of hydrogen-bond acceptors (Lipinski definition) is 10. The summed E-state index contributed by atoms with van der Waals surface area (Å²) in [6, 6.07) is 30.1. The first-order valence-electron chi connectivity index (χ1n) is 17.4. The second kappa shape index (κ2) is 15.8. The predicted octanol–water partition coefficient (Wildman–Crippen LogP) is 9.99. The fourth-order valence-electron chi connectivity index (χ4n) is 6.79. The molecule has 1 aliphatic heterocycles. The van der Waals surface area contributed by atoms with E-state index < -0.39 is 35.4 Å². The van der Waals surface area contributed by atoms with Crippen LogP contribution in [0.5, 0.6) is 28.7 Å². The Bertz CT molecular complexity index is 2610. The second-order valence-electron chi connectivity index (χ2n) is 13.4. The van der Waals surface area contributed by atoms with Crippen molar-refractivity contribution in [1.29, 1.82) is 0 Å². The van der Waals surface area contributed by atoms with Crippen LogP contribution in [-0.2, 0) is 6.42 Å². The smallest absolute Gasteiger partial charge is 0.343 e. The third kappa shape index (κ3) is 7.85. The van der Waals surface area contributed by atoms with E-state index in [1.165, 1.54) is 115 Å². The molecule has 1 N–H and O–H groups in total. The Morgan fingerprint density at radius 3 is 1.36 bits per heavy atom. The van der Waals surface area contributed by atoms with Crippen LogP contribution in [0.25, 0.3) is 0 Å². The average molecular weight is 856 g/mol. The predicted molar refractivity (Wildman–Crippen MR) is 215 cm³/mol. The van der Waals surface area contributed by atoms with Gasteiger partial charge in [-0.1, -0.05) is 52.5 Å². The Balaban J connectivity index is 1.21. The maximum absolute atomic E-state index is 13.5. The highest BCUT2D eigenvalue weighted by molar-refractivity contribution is 6.31. The summed E-state index contributed by atoms with van der Waals surface area (Å²) in [5.41, 5.74) is 0.491. The molecule has 2 atom stereocenters. The molecule has 0 spiro atoms. The zero-order valence-electron chi connectivity index (χ0n) is 29.7. The molecule has 0 amide bonds. The normalized spacial score (nSPS) is 16.2. The Labute approximate surface area is 350 Å². The lowest BCUT2D eigenvalue weighted by Gasteiger charge is -2.37. The molecule has 0 bridgehead atoms. The van der Waals surface area contributed by atoms with Crippen LogP contribution in [0.3, 0.4) is 0 Å². The highest BCUT2D eigenvalue weighted by Gasteiger charge is 2.52. The van der Waals surface area contributed by atoms with Gasteiger partial charge in [-0.2, -0.15) is 0 Å². The van der Waals surface area contributed by atoms with Crippen molar-refractivity contribution in [1.82, 2.24) is 0 Å². The standard InChI is InChI=1S/C44H26Cl4O10/c45-28-9-1-23(2-10-28)40(49)55-34-18-17-32-37-33-20-36(57-42(51)25-5-13-30(47)14-6-25)35(56-41(50)24-3-11-29(46)12-4-24)19-27(33)21-44(37,53)22-54-38(32)39(34)58-43(52)26-7-15-31(48)16-8-26/h1-20,37,53H,21-22H2/t37-,44+/m0/s1. The van der Waals surface area contributed by atoms with Crippen molar-refractivity contribution < 1.29 is 48.0 Å². The monoisotopic (exact) mass is 854 g/mol. The summed E-state index contributed by atoms with van der Waals surface area (Å²) < 4.78 is 29.5. The van der Waals surface area contributed by atoms with Gasteiger partial charge in [0, 0.05) is 38.0 Å².